The lowest BCUT2D eigenvalue weighted by atomic mass is 9.35. The number of aliphatic hydroxyl groups excluding tert-OH is 8. The zero-order valence-electron chi connectivity index (χ0n) is 33.5. The van der Waals surface area contributed by atoms with E-state index in [0.717, 1.165) is 51.4 Å². The standard InChI is InChI=1S/C42H70O12/c1-21(2)10-9-11-22(3)23-12-16-42(8)30(23)24(45)18-28-40(6)15-14-29(39(4,5)27(40)13-17-41(28,42)7)53-38-36(34(49)32(47)26(20-44)52-38)54-37-35(50)33(48)31(46)25(19-43)51-37/h10,23-38,43-50H,3,9,11-20H2,1-2,4-8H3/t23?,24-,25?,26?,27?,28?,29?,30?,31?,32?,33?,34?,35?,36?,37?,38?,40+,41-,42?/m1/s1. The van der Waals surface area contributed by atoms with E-state index in [9.17, 15) is 40.9 Å². The molecule has 8 N–H and O–H groups in total. The summed E-state index contributed by atoms with van der Waals surface area (Å²) < 4.78 is 24.4. The topological polar surface area (TPSA) is 199 Å². The number of aliphatic hydroxyl groups is 8. The smallest absolute Gasteiger partial charge is 0.187 e. The van der Waals surface area contributed by atoms with Gasteiger partial charge in [0.15, 0.2) is 12.6 Å². The summed E-state index contributed by atoms with van der Waals surface area (Å²) in [6, 6.07) is 0. The second-order valence-electron chi connectivity index (χ2n) is 19.4. The number of allylic oxidation sites excluding steroid dienone is 3. The first-order chi connectivity index (χ1) is 25.3. The molecule has 0 bridgehead atoms. The van der Waals surface area contributed by atoms with Crippen LogP contribution < -0.4 is 0 Å². The predicted octanol–water partition coefficient (Wildman–Crippen LogP) is 2.95. The van der Waals surface area contributed by atoms with Crippen molar-refractivity contribution in [3.8, 4) is 0 Å². The number of hydrogen-bond donors (Lipinski definition) is 8. The highest BCUT2D eigenvalue weighted by atomic mass is 16.8. The molecule has 12 heteroatoms. The molecule has 4 saturated carbocycles. The molecule has 6 fully saturated rings. The van der Waals surface area contributed by atoms with Crippen LogP contribution in [0.25, 0.3) is 0 Å². The van der Waals surface area contributed by atoms with Crippen molar-refractivity contribution in [1.29, 1.82) is 0 Å². The van der Waals surface area contributed by atoms with Gasteiger partial charge in [-0.3, -0.25) is 0 Å². The zero-order chi connectivity index (χ0) is 39.7. The van der Waals surface area contributed by atoms with Gasteiger partial charge in [-0.05, 0) is 117 Å². The van der Waals surface area contributed by atoms with Crippen molar-refractivity contribution in [2.75, 3.05) is 13.2 Å². The Morgan fingerprint density at radius 2 is 1.33 bits per heavy atom. The van der Waals surface area contributed by atoms with E-state index >= 15 is 0 Å². The Bertz CT molecular complexity index is 1370. The van der Waals surface area contributed by atoms with Crippen LogP contribution in [0.3, 0.4) is 0 Å². The van der Waals surface area contributed by atoms with E-state index in [1.54, 1.807) is 0 Å². The van der Waals surface area contributed by atoms with Gasteiger partial charge in [-0.25, -0.2) is 0 Å². The molecule has 310 valence electrons. The summed E-state index contributed by atoms with van der Waals surface area (Å²) in [4.78, 5) is 0. The summed E-state index contributed by atoms with van der Waals surface area (Å²) in [7, 11) is 0. The van der Waals surface area contributed by atoms with Crippen LogP contribution in [-0.2, 0) is 18.9 Å². The summed E-state index contributed by atoms with van der Waals surface area (Å²) in [5.41, 5.74) is 2.12. The van der Waals surface area contributed by atoms with Crippen LogP contribution in [-0.4, -0.2) is 128 Å². The molecule has 2 saturated heterocycles. The van der Waals surface area contributed by atoms with Crippen LogP contribution in [0.2, 0.25) is 0 Å². The fourth-order valence-electron chi connectivity index (χ4n) is 13.0. The molecule has 0 aromatic heterocycles. The lowest BCUT2D eigenvalue weighted by Crippen LogP contribution is -2.67. The number of fused-ring (bicyclic) bond motifs is 5. The first-order valence-corrected chi connectivity index (χ1v) is 20.5. The van der Waals surface area contributed by atoms with Crippen molar-refractivity contribution < 1.29 is 59.8 Å². The van der Waals surface area contributed by atoms with E-state index < -0.39 is 86.1 Å². The highest BCUT2D eigenvalue weighted by Crippen LogP contribution is 2.75. The SMILES string of the molecule is C=C(CCC=C(C)C)C1CCC2(C)C1[C@H](O)CC1[C@@]3(C)CCC(OC4OC(CO)C(O)C(O)C4OC4OC(CO)C(O)C(O)C4O)C(C)(C)C3CC[C@]12C. The minimum atomic E-state index is -1.74. The van der Waals surface area contributed by atoms with Gasteiger partial charge in [-0.2, -0.15) is 0 Å². The molecule has 19 atom stereocenters. The average molecular weight is 767 g/mol. The highest BCUT2D eigenvalue weighted by molar-refractivity contribution is 5.22. The predicted molar refractivity (Wildman–Crippen MR) is 199 cm³/mol. The monoisotopic (exact) mass is 766 g/mol. The van der Waals surface area contributed by atoms with Crippen LogP contribution in [0.1, 0.15) is 106 Å². The molecule has 12 nitrogen and oxygen atoms in total. The van der Waals surface area contributed by atoms with Crippen molar-refractivity contribution in [3.05, 3.63) is 23.8 Å². The van der Waals surface area contributed by atoms with Gasteiger partial charge in [-0.15, -0.1) is 0 Å². The molecule has 4 aliphatic carbocycles. The fraction of sp³-hybridized carbons (Fsp3) is 0.905. The van der Waals surface area contributed by atoms with Crippen LogP contribution in [0.15, 0.2) is 23.8 Å². The molecular weight excluding hydrogens is 696 g/mol. The van der Waals surface area contributed by atoms with Gasteiger partial charge in [0.1, 0.15) is 48.8 Å². The summed E-state index contributed by atoms with van der Waals surface area (Å²) in [6.45, 7) is 19.4. The molecule has 0 aromatic rings. The second kappa shape index (κ2) is 15.6. The van der Waals surface area contributed by atoms with Crippen molar-refractivity contribution in [3.63, 3.8) is 0 Å². The van der Waals surface area contributed by atoms with Crippen molar-refractivity contribution in [2.24, 2.45) is 45.3 Å². The van der Waals surface area contributed by atoms with Gasteiger partial charge >= 0.3 is 0 Å². The van der Waals surface area contributed by atoms with Gasteiger partial charge in [-0.1, -0.05) is 58.4 Å². The Morgan fingerprint density at radius 3 is 1.96 bits per heavy atom. The van der Waals surface area contributed by atoms with Gasteiger partial charge < -0.3 is 59.8 Å². The molecule has 0 amide bonds. The van der Waals surface area contributed by atoms with E-state index in [0.29, 0.717) is 18.3 Å². The third-order valence-corrected chi connectivity index (χ3v) is 16.1. The van der Waals surface area contributed by atoms with E-state index in [-0.39, 0.29) is 34.2 Å². The average Bonchev–Trinajstić information content (AvgIpc) is 3.49. The van der Waals surface area contributed by atoms with E-state index in [1.807, 2.05) is 0 Å². The molecular formula is C42H70O12. The maximum atomic E-state index is 12.1. The molecule has 0 radical (unpaired) electrons. The lowest BCUT2D eigenvalue weighted by Gasteiger charge is -2.70. The van der Waals surface area contributed by atoms with Crippen LogP contribution >= 0.6 is 0 Å². The Kier molecular flexibility index (Phi) is 12.3. The van der Waals surface area contributed by atoms with Crippen LogP contribution in [0, 0.1) is 45.3 Å². The van der Waals surface area contributed by atoms with Crippen molar-refractivity contribution >= 4 is 0 Å². The molecule has 16 unspecified atom stereocenters. The normalized spacial score (nSPS) is 51.5. The van der Waals surface area contributed by atoms with Crippen LogP contribution in [0.4, 0.5) is 0 Å². The minimum Gasteiger partial charge on any atom is -0.394 e. The maximum absolute atomic E-state index is 12.1. The minimum absolute atomic E-state index is 0.0217. The summed E-state index contributed by atoms with van der Waals surface area (Å²) in [5, 5.41) is 85.4. The third-order valence-electron chi connectivity index (χ3n) is 16.1. The van der Waals surface area contributed by atoms with Gasteiger partial charge in [0.2, 0.25) is 0 Å². The summed E-state index contributed by atoms with van der Waals surface area (Å²) in [5.74, 6) is 1.03. The van der Waals surface area contributed by atoms with E-state index in [1.165, 1.54) is 11.1 Å². The van der Waals surface area contributed by atoms with Crippen LogP contribution in [0.5, 0.6) is 0 Å². The Balaban J connectivity index is 1.22. The zero-order valence-corrected chi connectivity index (χ0v) is 33.5. The molecule has 2 aliphatic heterocycles. The van der Waals surface area contributed by atoms with Gasteiger partial charge in [0, 0.05) is 0 Å². The quantitative estimate of drug-likeness (QED) is 0.120. The summed E-state index contributed by atoms with van der Waals surface area (Å²) in [6.07, 6.45) is -5.12. The summed E-state index contributed by atoms with van der Waals surface area (Å²) >= 11 is 0. The van der Waals surface area contributed by atoms with Crippen molar-refractivity contribution in [1.82, 2.24) is 0 Å². The van der Waals surface area contributed by atoms with Gasteiger partial charge in [0.05, 0.1) is 25.4 Å². The molecule has 54 heavy (non-hydrogen) atoms. The molecule has 0 spiro atoms. The number of rotatable bonds is 10. The molecule has 2 heterocycles. The fourth-order valence-corrected chi connectivity index (χ4v) is 13.0. The molecule has 6 aliphatic rings. The number of ether oxygens (including phenoxy) is 4. The number of hydrogen-bond acceptors (Lipinski definition) is 12. The van der Waals surface area contributed by atoms with Gasteiger partial charge in [0.25, 0.3) is 0 Å². The Hall–Kier alpha value is -1.00. The largest absolute Gasteiger partial charge is 0.394 e. The molecule has 6 rings (SSSR count). The van der Waals surface area contributed by atoms with E-state index in [4.69, 9.17) is 18.9 Å². The molecule has 0 aromatic carbocycles. The first-order valence-electron chi connectivity index (χ1n) is 20.5. The highest BCUT2D eigenvalue weighted by Gasteiger charge is 2.70. The Morgan fingerprint density at radius 1 is 0.722 bits per heavy atom. The second-order valence-corrected chi connectivity index (χ2v) is 19.4. The Labute approximate surface area is 321 Å². The maximum Gasteiger partial charge on any atom is 0.187 e. The lowest BCUT2D eigenvalue weighted by molar-refractivity contribution is -0.378. The van der Waals surface area contributed by atoms with Crippen molar-refractivity contribution in [2.45, 2.75) is 180 Å². The third kappa shape index (κ3) is 6.89. The first kappa shape index (κ1) is 42.6. The van der Waals surface area contributed by atoms with E-state index in [2.05, 4.69) is 61.1 Å².